The third-order valence-corrected chi connectivity index (χ3v) is 5.21. The van der Waals surface area contributed by atoms with Crippen LogP contribution in [0.3, 0.4) is 0 Å². The van der Waals surface area contributed by atoms with Crippen molar-refractivity contribution in [2.24, 2.45) is 0 Å². The first-order valence-corrected chi connectivity index (χ1v) is 8.68. The van der Waals surface area contributed by atoms with Crippen LogP contribution in [0, 0.1) is 11.3 Å². The van der Waals surface area contributed by atoms with Gasteiger partial charge in [-0.1, -0.05) is 19.1 Å². The minimum Gasteiger partial charge on any atom is -0.468 e. The van der Waals surface area contributed by atoms with Crippen LogP contribution >= 0.6 is 11.8 Å². The standard InChI is InChI=1S/C17H22N2O2S/c1-3-22-15-8-7-14(10-15)19-16(17(20)21-2)13-6-4-5-12(9-13)11-18/h4-6,9,14-16,19H,3,7-8,10H2,1-2H3. The number of carbonyl (C=O) groups is 1. The summed E-state index contributed by atoms with van der Waals surface area (Å²) in [6, 6.07) is 9.08. The number of rotatable bonds is 6. The fourth-order valence-electron chi connectivity index (χ4n) is 2.92. The molecule has 118 valence electrons. The van der Waals surface area contributed by atoms with Crippen LogP contribution in [-0.4, -0.2) is 30.1 Å². The molecule has 1 aromatic rings. The van der Waals surface area contributed by atoms with E-state index in [1.165, 1.54) is 13.5 Å². The third-order valence-electron chi connectivity index (χ3n) is 3.98. The predicted molar refractivity (Wildman–Crippen MR) is 88.6 cm³/mol. The summed E-state index contributed by atoms with van der Waals surface area (Å²) in [5, 5.41) is 13.1. The molecular weight excluding hydrogens is 296 g/mol. The van der Waals surface area contributed by atoms with E-state index >= 15 is 0 Å². The second-order valence-electron chi connectivity index (χ2n) is 5.45. The highest BCUT2D eigenvalue weighted by Gasteiger charge is 2.30. The minimum absolute atomic E-state index is 0.304. The summed E-state index contributed by atoms with van der Waals surface area (Å²) in [6.45, 7) is 2.18. The van der Waals surface area contributed by atoms with Gasteiger partial charge in [-0.2, -0.15) is 17.0 Å². The number of methoxy groups -OCH3 is 1. The number of ether oxygens (including phenoxy) is 1. The molecule has 3 atom stereocenters. The Morgan fingerprint density at radius 1 is 1.55 bits per heavy atom. The lowest BCUT2D eigenvalue weighted by Gasteiger charge is -2.21. The topological polar surface area (TPSA) is 62.1 Å². The Bertz CT molecular complexity index is 556. The fourth-order valence-corrected chi connectivity index (χ4v) is 4.06. The van der Waals surface area contributed by atoms with Crippen molar-refractivity contribution in [3.63, 3.8) is 0 Å². The maximum absolute atomic E-state index is 12.1. The lowest BCUT2D eigenvalue weighted by atomic mass is 10.0. The van der Waals surface area contributed by atoms with E-state index in [2.05, 4.69) is 18.3 Å². The van der Waals surface area contributed by atoms with Gasteiger partial charge in [0.1, 0.15) is 6.04 Å². The van der Waals surface area contributed by atoms with E-state index in [0.717, 1.165) is 24.2 Å². The lowest BCUT2D eigenvalue weighted by Crippen LogP contribution is -2.36. The van der Waals surface area contributed by atoms with Gasteiger partial charge in [0.05, 0.1) is 18.7 Å². The van der Waals surface area contributed by atoms with Crippen LogP contribution in [0.1, 0.15) is 43.4 Å². The van der Waals surface area contributed by atoms with Gasteiger partial charge in [-0.3, -0.25) is 5.32 Å². The summed E-state index contributed by atoms with van der Waals surface area (Å²) < 4.78 is 4.94. The molecule has 0 spiro atoms. The molecule has 0 heterocycles. The van der Waals surface area contributed by atoms with Crippen LogP contribution in [0.4, 0.5) is 0 Å². The molecule has 0 amide bonds. The minimum atomic E-state index is -0.506. The summed E-state index contributed by atoms with van der Waals surface area (Å²) in [7, 11) is 1.40. The summed E-state index contributed by atoms with van der Waals surface area (Å²) in [4.78, 5) is 12.1. The van der Waals surface area contributed by atoms with Crippen molar-refractivity contribution in [1.82, 2.24) is 5.32 Å². The Hall–Kier alpha value is -1.51. The molecule has 22 heavy (non-hydrogen) atoms. The van der Waals surface area contributed by atoms with Gasteiger partial charge in [0, 0.05) is 11.3 Å². The van der Waals surface area contributed by atoms with Gasteiger partial charge in [-0.05, 0) is 42.7 Å². The van der Waals surface area contributed by atoms with Gasteiger partial charge in [0.2, 0.25) is 0 Å². The molecule has 1 saturated carbocycles. The molecule has 1 fully saturated rings. The number of carbonyl (C=O) groups excluding carboxylic acids is 1. The SMILES string of the molecule is CCSC1CCC(NC(C(=O)OC)c2cccc(C#N)c2)C1. The van der Waals surface area contributed by atoms with E-state index in [1.54, 1.807) is 18.2 Å². The maximum atomic E-state index is 12.1. The number of thioether (sulfide) groups is 1. The molecule has 1 aliphatic rings. The van der Waals surface area contributed by atoms with E-state index in [9.17, 15) is 4.79 Å². The lowest BCUT2D eigenvalue weighted by molar-refractivity contribution is -0.143. The summed E-state index contributed by atoms with van der Waals surface area (Å²) in [5.41, 5.74) is 1.34. The third kappa shape index (κ3) is 4.25. The van der Waals surface area contributed by atoms with E-state index in [0.29, 0.717) is 16.9 Å². The zero-order valence-corrected chi connectivity index (χ0v) is 13.9. The number of nitriles is 1. The van der Waals surface area contributed by atoms with Crippen molar-refractivity contribution in [2.75, 3.05) is 12.9 Å². The van der Waals surface area contributed by atoms with Gasteiger partial charge in [-0.25, -0.2) is 4.79 Å². The normalized spacial score (nSPS) is 22.0. The van der Waals surface area contributed by atoms with Gasteiger partial charge >= 0.3 is 5.97 Å². The van der Waals surface area contributed by atoms with Crippen LogP contribution in [0.25, 0.3) is 0 Å². The zero-order valence-electron chi connectivity index (χ0n) is 13.0. The van der Waals surface area contributed by atoms with Gasteiger partial charge < -0.3 is 4.74 Å². The predicted octanol–water partition coefficient (Wildman–Crippen LogP) is 3.04. The average molecular weight is 318 g/mol. The highest BCUT2D eigenvalue weighted by molar-refractivity contribution is 7.99. The largest absolute Gasteiger partial charge is 0.468 e. The molecular formula is C17H22N2O2S. The second-order valence-corrected chi connectivity index (χ2v) is 7.02. The fraction of sp³-hybridized carbons (Fsp3) is 0.529. The molecule has 1 N–H and O–H groups in total. The van der Waals surface area contributed by atoms with E-state index in [4.69, 9.17) is 10.00 Å². The number of nitrogens with one attached hydrogen (secondary N) is 1. The smallest absolute Gasteiger partial charge is 0.327 e. The molecule has 1 aliphatic carbocycles. The van der Waals surface area contributed by atoms with Crippen LogP contribution < -0.4 is 5.32 Å². The van der Waals surface area contributed by atoms with Gasteiger partial charge in [-0.15, -0.1) is 0 Å². The zero-order chi connectivity index (χ0) is 15.9. The molecule has 0 bridgehead atoms. The summed E-state index contributed by atoms with van der Waals surface area (Å²) >= 11 is 1.99. The van der Waals surface area contributed by atoms with Crippen LogP contribution in [0.5, 0.6) is 0 Å². The Balaban J connectivity index is 2.10. The molecule has 0 aliphatic heterocycles. The quantitative estimate of drug-likeness (QED) is 0.817. The van der Waals surface area contributed by atoms with Crippen molar-refractivity contribution >= 4 is 17.7 Å². The van der Waals surface area contributed by atoms with E-state index < -0.39 is 6.04 Å². The Kier molecular flexibility index (Phi) is 6.29. The molecule has 5 heteroatoms. The van der Waals surface area contributed by atoms with E-state index in [1.807, 2.05) is 17.8 Å². The van der Waals surface area contributed by atoms with Gasteiger partial charge in [0.25, 0.3) is 0 Å². The molecule has 0 aromatic heterocycles. The van der Waals surface area contributed by atoms with E-state index in [-0.39, 0.29) is 5.97 Å². The Labute approximate surface area is 136 Å². The average Bonchev–Trinajstić information content (AvgIpc) is 2.99. The first-order chi connectivity index (χ1) is 10.7. The van der Waals surface area contributed by atoms with Crippen LogP contribution in [0.15, 0.2) is 24.3 Å². The van der Waals surface area contributed by atoms with Crippen LogP contribution in [-0.2, 0) is 9.53 Å². The van der Waals surface area contributed by atoms with Crippen molar-refractivity contribution in [3.05, 3.63) is 35.4 Å². The summed E-state index contributed by atoms with van der Waals surface area (Å²) in [5.74, 6) is 0.823. The summed E-state index contributed by atoms with van der Waals surface area (Å²) in [6.07, 6.45) is 3.33. The molecule has 0 radical (unpaired) electrons. The monoisotopic (exact) mass is 318 g/mol. The number of hydrogen-bond donors (Lipinski definition) is 1. The van der Waals surface area contributed by atoms with Crippen molar-refractivity contribution in [2.45, 2.75) is 43.5 Å². The maximum Gasteiger partial charge on any atom is 0.327 e. The Morgan fingerprint density at radius 2 is 2.36 bits per heavy atom. The number of esters is 1. The highest BCUT2D eigenvalue weighted by Crippen LogP contribution is 2.31. The first-order valence-electron chi connectivity index (χ1n) is 7.63. The van der Waals surface area contributed by atoms with Crippen molar-refractivity contribution in [3.8, 4) is 6.07 Å². The van der Waals surface area contributed by atoms with Crippen molar-refractivity contribution in [1.29, 1.82) is 5.26 Å². The highest BCUT2D eigenvalue weighted by atomic mass is 32.2. The molecule has 0 saturated heterocycles. The second kappa shape index (κ2) is 8.21. The molecule has 4 nitrogen and oxygen atoms in total. The molecule has 1 aromatic carbocycles. The number of hydrogen-bond acceptors (Lipinski definition) is 5. The first kappa shape index (κ1) is 16.9. The molecule has 2 rings (SSSR count). The van der Waals surface area contributed by atoms with Gasteiger partial charge in [0.15, 0.2) is 0 Å². The van der Waals surface area contributed by atoms with Crippen LogP contribution in [0.2, 0.25) is 0 Å². The molecule has 3 unspecified atom stereocenters. The number of benzene rings is 1. The Morgan fingerprint density at radius 3 is 3.05 bits per heavy atom. The number of nitrogens with zero attached hydrogens (tertiary/aromatic N) is 1. The van der Waals surface area contributed by atoms with Crippen molar-refractivity contribution < 1.29 is 9.53 Å².